The summed E-state index contributed by atoms with van der Waals surface area (Å²) in [6.07, 6.45) is 2.37. The molecule has 2 N–H and O–H groups in total. The Morgan fingerprint density at radius 3 is 2.33 bits per heavy atom. The molecule has 0 radical (unpaired) electrons. The van der Waals surface area contributed by atoms with Crippen molar-refractivity contribution < 1.29 is 14.7 Å². The number of urea groups is 1. The average Bonchev–Trinajstić information content (AvgIpc) is 2.47. The predicted octanol–water partition coefficient (Wildman–Crippen LogP) is 2.76. The van der Waals surface area contributed by atoms with Gasteiger partial charge in [0.2, 0.25) is 0 Å². The summed E-state index contributed by atoms with van der Waals surface area (Å²) in [7, 11) is 0. The molecule has 0 spiro atoms. The van der Waals surface area contributed by atoms with Gasteiger partial charge in [-0.15, -0.1) is 0 Å². The van der Waals surface area contributed by atoms with E-state index in [1.165, 1.54) is 0 Å². The van der Waals surface area contributed by atoms with Crippen LogP contribution in [0.2, 0.25) is 0 Å². The highest BCUT2D eigenvalue weighted by Crippen LogP contribution is 2.09. The van der Waals surface area contributed by atoms with E-state index in [1.54, 1.807) is 23.1 Å². The first-order valence-corrected chi connectivity index (χ1v) is 7.44. The molecule has 0 aliphatic heterocycles. The van der Waals surface area contributed by atoms with Gasteiger partial charge in [0.15, 0.2) is 0 Å². The van der Waals surface area contributed by atoms with Crippen LogP contribution in [0.4, 0.5) is 4.79 Å². The molecule has 0 aromatic heterocycles. The molecule has 0 aliphatic rings. The van der Waals surface area contributed by atoms with Gasteiger partial charge < -0.3 is 15.3 Å². The molecule has 1 aromatic carbocycles. The van der Waals surface area contributed by atoms with E-state index in [1.807, 2.05) is 19.9 Å². The number of amides is 2. The van der Waals surface area contributed by atoms with Crippen LogP contribution < -0.4 is 5.32 Å². The smallest absolute Gasteiger partial charge is 0.335 e. The highest BCUT2D eigenvalue weighted by Gasteiger charge is 2.12. The summed E-state index contributed by atoms with van der Waals surface area (Å²) in [6, 6.07) is 6.80. The van der Waals surface area contributed by atoms with Crippen molar-refractivity contribution in [3.8, 4) is 0 Å². The van der Waals surface area contributed by atoms with Gasteiger partial charge in [0.1, 0.15) is 0 Å². The maximum Gasteiger partial charge on any atom is 0.335 e. The first-order chi connectivity index (χ1) is 10.1. The number of carboxylic acids is 1. The molecule has 116 valence electrons. The number of hydrogen-bond donors (Lipinski definition) is 2. The molecule has 21 heavy (non-hydrogen) atoms. The number of nitrogens with zero attached hydrogens (tertiary/aromatic N) is 1. The minimum absolute atomic E-state index is 0.0773. The standard InChI is InChI=1S/C16H24N2O3/c1-3-11-18(12-4-2)16(21)17-10-9-13-7-5-6-8-14(13)15(19)20/h5-8H,3-4,9-12H2,1-2H3,(H,17,21)(H,19,20). The number of carbonyl (C=O) groups excluding carboxylic acids is 1. The van der Waals surface area contributed by atoms with E-state index >= 15 is 0 Å². The van der Waals surface area contributed by atoms with Crippen molar-refractivity contribution in [1.29, 1.82) is 0 Å². The molecular formula is C16H24N2O3. The Morgan fingerprint density at radius 2 is 1.76 bits per heavy atom. The van der Waals surface area contributed by atoms with Crippen molar-refractivity contribution in [2.75, 3.05) is 19.6 Å². The highest BCUT2D eigenvalue weighted by molar-refractivity contribution is 5.89. The van der Waals surface area contributed by atoms with Crippen LogP contribution in [-0.4, -0.2) is 41.6 Å². The number of nitrogens with one attached hydrogen (secondary N) is 1. The lowest BCUT2D eigenvalue weighted by Crippen LogP contribution is -2.41. The van der Waals surface area contributed by atoms with E-state index in [4.69, 9.17) is 5.11 Å². The Balaban J connectivity index is 2.53. The quantitative estimate of drug-likeness (QED) is 0.774. The minimum atomic E-state index is -0.935. The Morgan fingerprint density at radius 1 is 1.14 bits per heavy atom. The van der Waals surface area contributed by atoms with Crippen LogP contribution in [0.25, 0.3) is 0 Å². The Kier molecular flexibility index (Phi) is 7.29. The fraction of sp³-hybridized carbons (Fsp3) is 0.500. The molecule has 5 nitrogen and oxygen atoms in total. The molecular weight excluding hydrogens is 268 g/mol. The normalized spacial score (nSPS) is 10.2. The van der Waals surface area contributed by atoms with E-state index in [0.29, 0.717) is 18.5 Å². The van der Waals surface area contributed by atoms with Crippen LogP contribution in [0.5, 0.6) is 0 Å². The number of hydrogen-bond acceptors (Lipinski definition) is 2. The minimum Gasteiger partial charge on any atom is -0.478 e. The third-order valence-corrected chi connectivity index (χ3v) is 3.19. The van der Waals surface area contributed by atoms with Crippen molar-refractivity contribution in [3.63, 3.8) is 0 Å². The molecule has 1 rings (SSSR count). The highest BCUT2D eigenvalue weighted by atomic mass is 16.4. The Hall–Kier alpha value is -2.04. The van der Waals surface area contributed by atoms with Crippen LogP contribution in [-0.2, 0) is 6.42 Å². The van der Waals surface area contributed by atoms with Crippen LogP contribution in [0, 0.1) is 0 Å². The maximum absolute atomic E-state index is 12.0. The summed E-state index contributed by atoms with van der Waals surface area (Å²) in [5, 5.41) is 12.0. The van der Waals surface area contributed by atoms with Crippen LogP contribution in [0.15, 0.2) is 24.3 Å². The fourth-order valence-corrected chi connectivity index (χ4v) is 2.22. The summed E-state index contributed by atoms with van der Waals surface area (Å²) in [5.41, 5.74) is 1.04. The van der Waals surface area contributed by atoms with E-state index in [2.05, 4.69) is 5.32 Å². The monoisotopic (exact) mass is 292 g/mol. The van der Waals surface area contributed by atoms with Gasteiger partial charge in [-0.1, -0.05) is 32.0 Å². The largest absolute Gasteiger partial charge is 0.478 e. The molecule has 1 aromatic rings. The molecule has 0 fully saturated rings. The summed E-state index contributed by atoms with van der Waals surface area (Å²) in [6.45, 7) is 6.00. The lowest BCUT2D eigenvalue weighted by Gasteiger charge is -2.22. The number of carbonyl (C=O) groups is 2. The summed E-state index contributed by atoms with van der Waals surface area (Å²) >= 11 is 0. The third kappa shape index (κ3) is 5.45. The van der Waals surface area contributed by atoms with Gasteiger partial charge in [0.25, 0.3) is 0 Å². The first-order valence-electron chi connectivity index (χ1n) is 7.44. The van der Waals surface area contributed by atoms with Crippen molar-refractivity contribution in [1.82, 2.24) is 10.2 Å². The summed E-state index contributed by atoms with van der Waals surface area (Å²) in [5.74, 6) is -0.935. The van der Waals surface area contributed by atoms with E-state index in [0.717, 1.165) is 31.5 Å². The Bertz CT molecular complexity index is 468. The van der Waals surface area contributed by atoms with E-state index < -0.39 is 5.97 Å². The van der Waals surface area contributed by atoms with Crippen LogP contribution in [0.1, 0.15) is 42.6 Å². The summed E-state index contributed by atoms with van der Waals surface area (Å²) < 4.78 is 0. The maximum atomic E-state index is 12.0. The van der Waals surface area contributed by atoms with Gasteiger partial charge in [-0.2, -0.15) is 0 Å². The summed E-state index contributed by atoms with van der Waals surface area (Å²) in [4.78, 5) is 24.9. The molecule has 0 atom stereocenters. The van der Waals surface area contributed by atoms with Crippen LogP contribution >= 0.6 is 0 Å². The molecule has 5 heteroatoms. The Labute approximate surface area is 126 Å². The molecule has 0 saturated heterocycles. The van der Waals surface area contributed by atoms with Gasteiger partial charge in [0, 0.05) is 19.6 Å². The molecule has 0 aliphatic carbocycles. The van der Waals surface area contributed by atoms with E-state index in [9.17, 15) is 9.59 Å². The lowest BCUT2D eigenvalue weighted by atomic mass is 10.0. The van der Waals surface area contributed by atoms with Gasteiger partial charge >= 0.3 is 12.0 Å². The SMILES string of the molecule is CCCN(CCC)C(=O)NCCc1ccccc1C(=O)O. The average molecular weight is 292 g/mol. The van der Waals surface area contributed by atoms with E-state index in [-0.39, 0.29) is 6.03 Å². The number of carboxylic acid groups (broad SMARTS) is 1. The van der Waals surface area contributed by atoms with Crippen LogP contribution in [0.3, 0.4) is 0 Å². The van der Waals surface area contributed by atoms with Crippen molar-refractivity contribution in [3.05, 3.63) is 35.4 Å². The van der Waals surface area contributed by atoms with Crippen molar-refractivity contribution in [2.45, 2.75) is 33.1 Å². The second-order valence-electron chi connectivity index (χ2n) is 4.93. The number of rotatable bonds is 8. The third-order valence-electron chi connectivity index (χ3n) is 3.19. The van der Waals surface area contributed by atoms with Gasteiger partial charge in [-0.3, -0.25) is 0 Å². The number of benzene rings is 1. The number of aromatic carboxylic acids is 1. The van der Waals surface area contributed by atoms with Crippen molar-refractivity contribution >= 4 is 12.0 Å². The second-order valence-corrected chi connectivity index (χ2v) is 4.93. The molecule has 0 bridgehead atoms. The lowest BCUT2D eigenvalue weighted by molar-refractivity contribution is 0.0695. The zero-order valence-electron chi connectivity index (χ0n) is 12.8. The first kappa shape index (κ1) is 17.0. The molecule has 0 saturated carbocycles. The van der Waals surface area contributed by atoms with Gasteiger partial charge in [0.05, 0.1) is 5.56 Å². The molecule has 0 unspecified atom stereocenters. The molecule has 0 heterocycles. The van der Waals surface area contributed by atoms with Crippen molar-refractivity contribution in [2.24, 2.45) is 0 Å². The van der Waals surface area contributed by atoms with Gasteiger partial charge in [-0.25, -0.2) is 9.59 Å². The zero-order chi connectivity index (χ0) is 15.7. The zero-order valence-corrected chi connectivity index (χ0v) is 12.8. The fourth-order valence-electron chi connectivity index (χ4n) is 2.22. The molecule has 2 amide bonds. The second kappa shape index (κ2) is 9.00. The van der Waals surface area contributed by atoms with Gasteiger partial charge in [-0.05, 0) is 30.9 Å². The topological polar surface area (TPSA) is 69.6 Å². The predicted molar refractivity (Wildman–Crippen MR) is 82.7 cm³/mol.